The van der Waals surface area contributed by atoms with Gasteiger partial charge in [-0.3, -0.25) is 9.59 Å². The van der Waals surface area contributed by atoms with Crippen molar-refractivity contribution in [2.45, 2.75) is 53.5 Å². The second kappa shape index (κ2) is 7.13. The van der Waals surface area contributed by atoms with Crippen LogP contribution < -0.4 is 10.9 Å². The molecule has 0 spiro atoms. The van der Waals surface area contributed by atoms with Crippen LogP contribution in [0.1, 0.15) is 40.5 Å². The van der Waals surface area contributed by atoms with E-state index in [0.717, 1.165) is 47.2 Å². The molecule has 1 amide bonds. The Hall–Kier alpha value is -2.54. The van der Waals surface area contributed by atoms with Gasteiger partial charge in [0.1, 0.15) is 6.54 Å². The van der Waals surface area contributed by atoms with E-state index in [2.05, 4.69) is 22.6 Å². The van der Waals surface area contributed by atoms with E-state index in [1.807, 2.05) is 32.9 Å². The first-order valence-electron chi connectivity index (χ1n) is 9.59. The lowest BCUT2D eigenvalue weighted by Crippen LogP contribution is -2.31. The van der Waals surface area contributed by atoms with Gasteiger partial charge in [-0.25, -0.2) is 4.68 Å². The van der Waals surface area contributed by atoms with Crippen LogP contribution in [0.3, 0.4) is 0 Å². The van der Waals surface area contributed by atoms with Crippen LogP contribution >= 0.6 is 11.3 Å². The summed E-state index contributed by atoms with van der Waals surface area (Å²) in [5, 5.41) is 11.8. The second-order valence-corrected chi connectivity index (χ2v) is 8.99. The Labute approximate surface area is 167 Å². The lowest BCUT2D eigenvalue weighted by molar-refractivity contribution is -0.117. The molecule has 1 N–H and O–H groups in total. The molecule has 0 radical (unpaired) electrons. The number of nitrogens with zero attached hydrogens (tertiary/aromatic N) is 3. The van der Waals surface area contributed by atoms with Crippen molar-refractivity contribution in [2.24, 2.45) is 5.92 Å². The molecule has 0 unspecified atom stereocenters. The van der Waals surface area contributed by atoms with Crippen LogP contribution in [0, 0.1) is 26.7 Å². The molecule has 146 valence electrons. The normalized spacial score (nSPS) is 16.2. The Balaban J connectivity index is 1.63. The molecule has 0 saturated carbocycles. The quantitative estimate of drug-likeness (QED) is 0.735. The van der Waals surface area contributed by atoms with Gasteiger partial charge >= 0.3 is 0 Å². The number of aryl methyl sites for hydroxylation is 4. The average molecular weight is 397 g/mol. The largest absolute Gasteiger partial charge is 0.324 e. The molecule has 2 heterocycles. The lowest BCUT2D eigenvalue weighted by Gasteiger charge is -2.17. The third-order valence-corrected chi connectivity index (χ3v) is 6.56. The van der Waals surface area contributed by atoms with Crippen molar-refractivity contribution in [3.63, 3.8) is 0 Å². The molecule has 0 saturated heterocycles. The molecule has 7 heteroatoms. The Morgan fingerprint density at radius 2 is 2.00 bits per heavy atom. The minimum absolute atomic E-state index is 0.143. The van der Waals surface area contributed by atoms with Gasteiger partial charge in [0.15, 0.2) is 4.83 Å². The highest BCUT2D eigenvalue weighted by molar-refractivity contribution is 7.18. The summed E-state index contributed by atoms with van der Waals surface area (Å²) in [4.78, 5) is 27.5. The van der Waals surface area contributed by atoms with Crippen molar-refractivity contribution < 1.29 is 4.79 Å². The number of hydrogen-bond donors (Lipinski definition) is 1. The van der Waals surface area contributed by atoms with E-state index >= 15 is 0 Å². The van der Waals surface area contributed by atoms with Crippen LogP contribution in [0.2, 0.25) is 0 Å². The number of rotatable bonds is 3. The van der Waals surface area contributed by atoms with E-state index in [1.54, 1.807) is 11.3 Å². The molecular weight excluding hydrogens is 372 g/mol. The molecule has 1 atom stereocenters. The van der Waals surface area contributed by atoms with Crippen LogP contribution in [0.5, 0.6) is 0 Å². The zero-order valence-corrected chi connectivity index (χ0v) is 17.4. The third-order valence-electron chi connectivity index (χ3n) is 5.42. The summed E-state index contributed by atoms with van der Waals surface area (Å²) in [6.07, 6.45) is 2.96. The molecule has 6 nitrogen and oxygen atoms in total. The van der Waals surface area contributed by atoms with Crippen LogP contribution in [-0.2, 0) is 24.2 Å². The standard InChI is InChI=1S/C21H24N4O2S/c1-11-5-6-15-16(9-11)28-20-18(15)21(27)25(24-23-20)10-17(26)22-19-13(3)7-12(2)8-14(19)4/h7-8,11H,5-6,9-10H2,1-4H3,(H,22,26)/t11-/m1/s1. The highest BCUT2D eigenvalue weighted by Crippen LogP contribution is 2.35. The molecule has 0 aliphatic heterocycles. The average Bonchev–Trinajstić information content (AvgIpc) is 2.98. The zero-order chi connectivity index (χ0) is 20.0. The smallest absolute Gasteiger partial charge is 0.279 e. The Kier molecular flexibility index (Phi) is 4.79. The van der Waals surface area contributed by atoms with E-state index in [1.165, 1.54) is 9.56 Å². The van der Waals surface area contributed by atoms with Crippen molar-refractivity contribution in [2.75, 3.05) is 5.32 Å². The van der Waals surface area contributed by atoms with Gasteiger partial charge in [0, 0.05) is 10.6 Å². The van der Waals surface area contributed by atoms with Gasteiger partial charge in [-0.2, -0.15) is 0 Å². The first kappa shape index (κ1) is 18.8. The van der Waals surface area contributed by atoms with E-state index in [0.29, 0.717) is 16.1 Å². The van der Waals surface area contributed by atoms with Crippen molar-refractivity contribution >= 4 is 33.1 Å². The van der Waals surface area contributed by atoms with Gasteiger partial charge in [0.05, 0.1) is 5.39 Å². The summed E-state index contributed by atoms with van der Waals surface area (Å²) in [7, 11) is 0. The monoisotopic (exact) mass is 396 g/mol. The Morgan fingerprint density at radius 3 is 2.71 bits per heavy atom. The number of anilines is 1. The third kappa shape index (κ3) is 3.35. The number of carbonyl (C=O) groups excluding carboxylic acids is 1. The van der Waals surface area contributed by atoms with Crippen LogP contribution in [0.25, 0.3) is 10.2 Å². The predicted molar refractivity (Wildman–Crippen MR) is 112 cm³/mol. The molecule has 3 aromatic rings. The molecule has 4 rings (SSSR count). The van der Waals surface area contributed by atoms with Crippen LogP contribution in [-0.4, -0.2) is 20.9 Å². The first-order valence-corrected chi connectivity index (χ1v) is 10.4. The second-order valence-electron chi connectivity index (χ2n) is 7.91. The molecule has 0 bridgehead atoms. The summed E-state index contributed by atoms with van der Waals surface area (Å²) in [5.74, 6) is 0.353. The van der Waals surface area contributed by atoms with Crippen LogP contribution in [0.15, 0.2) is 16.9 Å². The molecule has 2 aromatic heterocycles. The first-order chi connectivity index (χ1) is 13.3. The number of fused-ring (bicyclic) bond motifs is 3. The lowest BCUT2D eigenvalue weighted by atomic mass is 9.89. The minimum Gasteiger partial charge on any atom is -0.324 e. The fraction of sp³-hybridized carbons (Fsp3) is 0.429. The maximum atomic E-state index is 13.0. The van der Waals surface area contributed by atoms with Gasteiger partial charge < -0.3 is 5.32 Å². The van der Waals surface area contributed by atoms with E-state index in [9.17, 15) is 9.59 Å². The summed E-state index contributed by atoms with van der Waals surface area (Å²) in [6, 6.07) is 4.05. The maximum absolute atomic E-state index is 13.0. The van der Waals surface area contributed by atoms with Gasteiger partial charge in [0.2, 0.25) is 5.91 Å². The highest BCUT2D eigenvalue weighted by Gasteiger charge is 2.24. The Bertz CT molecular complexity index is 1120. The zero-order valence-electron chi connectivity index (χ0n) is 16.6. The summed E-state index contributed by atoms with van der Waals surface area (Å²) in [6.45, 7) is 8.04. The summed E-state index contributed by atoms with van der Waals surface area (Å²) in [5.41, 5.74) is 4.83. The Morgan fingerprint density at radius 1 is 1.29 bits per heavy atom. The maximum Gasteiger partial charge on any atom is 0.279 e. The van der Waals surface area contributed by atoms with E-state index < -0.39 is 0 Å². The molecule has 28 heavy (non-hydrogen) atoms. The molecule has 1 aliphatic rings. The summed E-state index contributed by atoms with van der Waals surface area (Å²) < 4.78 is 1.18. The summed E-state index contributed by atoms with van der Waals surface area (Å²) >= 11 is 1.57. The highest BCUT2D eigenvalue weighted by atomic mass is 32.1. The van der Waals surface area contributed by atoms with E-state index in [4.69, 9.17) is 0 Å². The minimum atomic E-state index is -0.275. The van der Waals surface area contributed by atoms with E-state index in [-0.39, 0.29) is 18.0 Å². The topological polar surface area (TPSA) is 76.9 Å². The molecular formula is C21H24N4O2S. The number of nitrogens with one attached hydrogen (secondary N) is 1. The van der Waals surface area contributed by atoms with Gasteiger partial charge in [-0.1, -0.05) is 29.8 Å². The van der Waals surface area contributed by atoms with Crippen LogP contribution in [0.4, 0.5) is 5.69 Å². The SMILES string of the molecule is Cc1cc(C)c(NC(=O)Cn2nnc3sc4c(c3c2=O)CC[C@@H](C)C4)c(C)c1. The van der Waals surface area contributed by atoms with Crippen molar-refractivity contribution in [1.29, 1.82) is 0 Å². The fourth-order valence-corrected chi connectivity index (χ4v) is 5.41. The number of thiophene rings is 1. The number of hydrogen-bond acceptors (Lipinski definition) is 5. The fourth-order valence-electron chi connectivity index (χ4n) is 4.09. The van der Waals surface area contributed by atoms with Gasteiger partial charge in [-0.05, 0) is 62.6 Å². The predicted octanol–water partition coefficient (Wildman–Crippen LogP) is 3.54. The van der Waals surface area contributed by atoms with Crippen molar-refractivity contribution in [3.8, 4) is 0 Å². The molecule has 0 fully saturated rings. The van der Waals surface area contributed by atoms with Gasteiger partial charge in [0.25, 0.3) is 5.56 Å². The molecule has 1 aliphatic carbocycles. The van der Waals surface area contributed by atoms with Crippen molar-refractivity contribution in [3.05, 3.63) is 49.6 Å². The van der Waals surface area contributed by atoms with Gasteiger partial charge in [-0.15, -0.1) is 16.4 Å². The molecule has 1 aromatic carbocycles. The number of amides is 1. The van der Waals surface area contributed by atoms with Crippen molar-refractivity contribution in [1.82, 2.24) is 15.0 Å². The number of aromatic nitrogens is 3. The number of benzene rings is 1. The number of carbonyl (C=O) groups is 1.